The average Bonchev–Trinajstić information content (AvgIpc) is 3.02. The van der Waals surface area contributed by atoms with E-state index >= 15 is 0 Å². The highest BCUT2D eigenvalue weighted by Gasteiger charge is 2.44. The van der Waals surface area contributed by atoms with Gasteiger partial charge in [-0.15, -0.1) is 0 Å². The molecule has 1 aromatic rings. The summed E-state index contributed by atoms with van der Waals surface area (Å²) < 4.78 is 1.73. The second kappa shape index (κ2) is 4.63. The zero-order valence-electron chi connectivity index (χ0n) is 11.9. The smallest absolute Gasteiger partial charge is 0.272 e. The molecular weight excluding hydrogens is 240 g/mol. The molecular formula is C14H22N4O. The van der Waals surface area contributed by atoms with Crippen molar-refractivity contribution in [3.8, 4) is 0 Å². The summed E-state index contributed by atoms with van der Waals surface area (Å²) >= 11 is 0. The van der Waals surface area contributed by atoms with Gasteiger partial charge in [0.25, 0.3) is 5.91 Å². The van der Waals surface area contributed by atoms with Gasteiger partial charge in [0.2, 0.25) is 0 Å². The third-order valence-electron chi connectivity index (χ3n) is 4.53. The van der Waals surface area contributed by atoms with Crippen molar-refractivity contribution in [3.63, 3.8) is 0 Å². The summed E-state index contributed by atoms with van der Waals surface area (Å²) in [5, 5.41) is 7.78. The number of likely N-dealkylation sites (tertiary alicyclic amines) is 1. The van der Waals surface area contributed by atoms with Gasteiger partial charge in [-0.2, -0.15) is 5.10 Å². The quantitative estimate of drug-likeness (QED) is 0.858. The van der Waals surface area contributed by atoms with Gasteiger partial charge in [0.1, 0.15) is 5.69 Å². The second-order valence-corrected chi connectivity index (χ2v) is 5.78. The number of aromatic nitrogens is 2. The van der Waals surface area contributed by atoms with Crippen LogP contribution in [0.5, 0.6) is 0 Å². The Hall–Kier alpha value is -1.36. The van der Waals surface area contributed by atoms with Crippen molar-refractivity contribution in [2.75, 3.05) is 13.1 Å². The monoisotopic (exact) mass is 262 g/mol. The van der Waals surface area contributed by atoms with E-state index in [0.29, 0.717) is 18.0 Å². The molecule has 0 aliphatic carbocycles. The number of carbonyl (C=O) groups is 1. The fourth-order valence-corrected chi connectivity index (χ4v) is 3.55. The molecule has 1 aromatic heterocycles. The Labute approximate surface area is 114 Å². The first-order valence-electron chi connectivity index (χ1n) is 7.18. The summed E-state index contributed by atoms with van der Waals surface area (Å²) in [4.78, 5) is 14.9. The molecule has 2 saturated heterocycles. The first kappa shape index (κ1) is 12.7. The van der Waals surface area contributed by atoms with E-state index in [4.69, 9.17) is 0 Å². The highest BCUT2D eigenvalue weighted by Crippen LogP contribution is 2.33. The average molecular weight is 262 g/mol. The maximum absolute atomic E-state index is 12.8. The lowest BCUT2D eigenvalue weighted by atomic mass is 10.0. The lowest BCUT2D eigenvalue weighted by Gasteiger charge is -2.27. The Morgan fingerprint density at radius 1 is 1.53 bits per heavy atom. The van der Waals surface area contributed by atoms with E-state index < -0.39 is 0 Å². The van der Waals surface area contributed by atoms with Gasteiger partial charge < -0.3 is 10.2 Å². The molecule has 2 aliphatic heterocycles. The molecule has 5 nitrogen and oxygen atoms in total. The van der Waals surface area contributed by atoms with Crippen molar-refractivity contribution < 1.29 is 4.79 Å². The summed E-state index contributed by atoms with van der Waals surface area (Å²) in [6.45, 7) is 6.20. The molecule has 3 heterocycles. The van der Waals surface area contributed by atoms with Gasteiger partial charge in [-0.3, -0.25) is 9.48 Å². The van der Waals surface area contributed by atoms with Crippen molar-refractivity contribution in [3.05, 3.63) is 17.5 Å². The van der Waals surface area contributed by atoms with Gasteiger partial charge in [-0.25, -0.2) is 0 Å². The minimum atomic E-state index is 0.137. The van der Waals surface area contributed by atoms with Gasteiger partial charge in [0.15, 0.2) is 0 Å². The van der Waals surface area contributed by atoms with Crippen molar-refractivity contribution in [1.29, 1.82) is 0 Å². The number of carbonyl (C=O) groups excluding carboxylic acids is 1. The van der Waals surface area contributed by atoms with E-state index in [1.165, 1.54) is 0 Å². The minimum absolute atomic E-state index is 0.137. The second-order valence-electron chi connectivity index (χ2n) is 5.78. The Morgan fingerprint density at radius 3 is 3.00 bits per heavy atom. The predicted molar refractivity (Wildman–Crippen MR) is 73.0 cm³/mol. The van der Waals surface area contributed by atoms with E-state index in [0.717, 1.165) is 37.3 Å². The zero-order chi connectivity index (χ0) is 13.6. The Kier molecular flexibility index (Phi) is 3.09. The normalized spacial score (nSPS) is 29.8. The largest absolute Gasteiger partial charge is 0.330 e. The molecule has 2 aliphatic rings. The molecule has 3 rings (SSSR count). The van der Waals surface area contributed by atoms with Gasteiger partial charge in [0, 0.05) is 32.2 Å². The molecule has 0 saturated carbocycles. The number of rotatable bonds is 2. The van der Waals surface area contributed by atoms with E-state index in [2.05, 4.69) is 29.2 Å². The van der Waals surface area contributed by atoms with Crippen LogP contribution in [0.3, 0.4) is 0 Å². The van der Waals surface area contributed by atoms with Crippen molar-refractivity contribution >= 4 is 5.91 Å². The van der Waals surface area contributed by atoms with Crippen LogP contribution in [0.15, 0.2) is 6.07 Å². The van der Waals surface area contributed by atoms with E-state index in [-0.39, 0.29) is 5.91 Å². The summed E-state index contributed by atoms with van der Waals surface area (Å²) in [7, 11) is 1.86. The van der Waals surface area contributed by atoms with Crippen LogP contribution in [0.4, 0.5) is 0 Å². The minimum Gasteiger partial charge on any atom is -0.330 e. The molecule has 19 heavy (non-hydrogen) atoms. The maximum atomic E-state index is 12.8. The van der Waals surface area contributed by atoms with Gasteiger partial charge in [-0.1, -0.05) is 6.92 Å². The fourth-order valence-electron chi connectivity index (χ4n) is 3.55. The van der Waals surface area contributed by atoms with Crippen LogP contribution in [0.1, 0.15) is 36.5 Å². The number of hydrogen-bond donors (Lipinski definition) is 1. The maximum Gasteiger partial charge on any atom is 0.272 e. The molecule has 104 valence electrons. The Morgan fingerprint density at radius 2 is 2.32 bits per heavy atom. The predicted octanol–water partition coefficient (Wildman–Crippen LogP) is 0.805. The molecule has 3 unspecified atom stereocenters. The van der Waals surface area contributed by atoms with E-state index in [1.807, 2.05) is 13.1 Å². The molecule has 5 heteroatoms. The number of amides is 1. The first-order chi connectivity index (χ1) is 9.11. The molecule has 0 spiro atoms. The summed E-state index contributed by atoms with van der Waals surface area (Å²) in [6.07, 6.45) is 1.98. The van der Waals surface area contributed by atoms with Crippen LogP contribution >= 0.6 is 0 Å². The van der Waals surface area contributed by atoms with Crippen LogP contribution in [0.2, 0.25) is 0 Å². The topological polar surface area (TPSA) is 50.2 Å². The molecule has 2 fully saturated rings. The summed E-state index contributed by atoms with van der Waals surface area (Å²) in [5.41, 5.74) is 1.70. The van der Waals surface area contributed by atoms with Crippen LogP contribution in [0.25, 0.3) is 0 Å². The lowest BCUT2D eigenvalue weighted by Crippen LogP contribution is -2.43. The van der Waals surface area contributed by atoms with Crippen LogP contribution in [-0.2, 0) is 13.5 Å². The number of aryl methyl sites for hydroxylation is 2. The van der Waals surface area contributed by atoms with Crippen molar-refractivity contribution in [2.45, 2.75) is 38.8 Å². The fraction of sp³-hybridized carbons (Fsp3) is 0.714. The zero-order valence-corrected chi connectivity index (χ0v) is 11.9. The standard InChI is InChI=1S/C14H22N4O/c1-4-11-6-12(17(3)16-11)14(19)18-9(2)5-10-7-15-8-13(10)18/h6,9-10,13,15H,4-5,7-8H2,1-3H3. The highest BCUT2D eigenvalue weighted by molar-refractivity contribution is 5.93. The highest BCUT2D eigenvalue weighted by atomic mass is 16.2. The van der Waals surface area contributed by atoms with Gasteiger partial charge >= 0.3 is 0 Å². The molecule has 1 N–H and O–H groups in total. The lowest BCUT2D eigenvalue weighted by molar-refractivity contribution is 0.0671. The molecule has 3 atom stereocenters. The van der Waals surface area contributed by atoms with E-state index in [9.17, 15) is 4.79 Å². The number of fused-ring (bicyclic) bond motifs is 1. The number of nitrogens with zero attached hydrogens (tertiary/aromatic N) is 3. The Bertz CT molecular complexity index is 496. The summed E-state index contributed by atoms with van der Waals surface area (Å²) in [6, 6.07) is 2.64. The SMILES string of the molecule is CCc1cc(C(=O)N2C(C)CC3CNCC32)n(C)n1. The van der Waals surface area contributed by atoms with Crippen LogP contribution in [-0.4, -0.2) is 45.8 Å². The number of hydrogen-bond acceptors (Lipinski definition) is 3. The molecule has 0 aromatic carbocycles. The van der Waals surface area contributed by atoms with Gasteiger partial charge in [0.05, 0.1) is 5.69 Å². The van der Waals surface area contributed by atoms with Crippen molar-refractivity contribution in [1.82, 2.24) is 20.0 Å². The van der Waals surface area contributed by atoms with Crippen LogP contribution in [0, 0.1) is 5.92 Å². The summed E-state index contributed by atoms with van der Waals surface area (Å²) in [5.74, 6) is 0.760. The van der Waals surface area contributed by atoms with E-state index in [1.54, 1.807) is 4.68 Å². The number of nitrogens with one attached hydrogen (secondary N) is 1. The third-order valence-corrected chi connectivity index (χ3v) is 4.53. The van der Waals surface area contributed by atoms with Crippen molar-refractivity contribution in [2.24, 2.45) is 13.0 Å². The first-order valence-corrected chi connectivity index (χ1v) is 7.18. The van der Waals surface area contributed by atoms with Crippen LogP contribution < -0.4 is 5.32 Å². The molecule has 0 radical (unpaired) electrons. The van der Waals surface area contributed by atoms with Gasteiger partial charge in [-0.05, 0) is 31.7 Å². The Balaban J connectivity index is 1.88. The molecule has 0 bridgehead atoms. The molecule has 1 amide bonds. The third kappa shape index (κ3) is 1.96.